The Labute approximate surface area is 184 Å². The topological polar surface area (TPSA) is 40.6 Å². The third-order valence-electron chi connectivity index (χ3n) is 5.85. The van der Waals surface area contributed by atoms with Crippen LogP contribution >= 0.6 is 23.2 Å². The number of rotatable bonds is 2. The fourth-order valence-corrected chi connectivity index (χ4v) is 5.26. The zero-order valence-electron chi connectivity index (χ0n) is 16.0. The normalized spacial score (nSPS) is 20.1. The summed E-state index contributed by atoms with van der Waals surface area (Å²) in [5.41, 5.74) is 1.73. The van der Waals surface area contributed by atoms with Crippen LogP contribution in [0.25, 0.3) is 0 Å². The highest BCUT2D eigenvalue weighted by molar-refractivity contribution is 6.35. The molecule has 2 heterocycles. The fraction of sp³-hybridized carbons (Fsp3) is 0.167. The van der Waals surface area contributed by atoms with Crippen LogP contribution in [-0.4, -0.2) is 34.7 Å². The minimum atomic E-state index is -1.00. The van der Waals surface area contributed by atoms with Gasteiger partial charge in [-0.2, -0.15) is 0 Å². The zero-order chi connectivity index (χ0) is 20.9. The van der Waals surface area contributed by atoms with Crippen LogP contribution in [0.2, 0.25) is 10.0 Å². The summed E-state index contributed by atoms with van der Waals surface area (Å²) in [6, 6.07) is 22.1. The van der Waals surface area contributed by atoms with E-state index in [4.69, 9.17) is 23.2 Å². The zero-order valence-corrected chi connectivity index (χ0v) is 17.5. The van der Waals surface area contributed by atoms with Gasteiger partial charge in [-0.25, -0.2) is 0 Å². The van der Waals surface area contributed by atoms with Gasteiger partial charge in [-0.1, -0.05) is 71.7 Å². The van der Waals surface area contributed by atoms with Gasteiger partial charge in [-0.05, 0) is 30.7 Å². The van der Waals surface area contributed by atoms with Crippen LogP contribution < -0.4 is 0 Å². The predicted octanol–water partition coefficient (Wildman–Crippen LogP) is 5.20. The highest BCUT2D eigenvalue weighted by atomic mass is 35.5. The van der Waals surface area contributed by atoms with Crippen LogP contribution in [0.4, 0.5) is 0 Å². The fourth-order valence-electron chi connectivity index (χ4n) is 4.73. The van der Waals surface area contributed by atoms with Crippen molar-refractivity contribution < 1.29 is 9.59 Å². The second-order valence-corrected chi connectivity index (χ2v) is 8.38. The number of benzene rings is 3. The van der Waals surface area contributed by atoms with Gasteiger partial charge < -0.3 is 9.80 Å². The maximum atomic E-state index is 13.8. The van der Waals surface area contributed by atoms with E-state index < -0.39 is 5.66 Å². The second-order valence-electron chi connectivity index (χ2n) is 7.51. The van der Waals surface area contributed by atoms with E-state index in [1.807, 2.05) is 59.5 Å². The van der Waals surface area contributed by atoms with Crippen molar-refractivity contribution >= 4 is 35.0 Å². The van der Waals surface area contributed by atoms with Gasteiger partial charge >= 0.3 is 0 Å². The van der Waals surface area contributed by atoms with Crippen molar-refractivity contribution in [2.24, 2.45) is 0 Å². The number of carbonyl (C=O) groups is 2. The average molecular weight is 437 g/mol. The lowest BCUT2D eigenvalue weighted by atomic mass is 9.86. The number of hydrogen-bond acceptors (Lipinski definition) is 2. The van der Waals surface area contributed by atoms with Gasteiger partial charge in [0, 0.05) is 45.4 Å². The number of carbonyl (C=O) groups excluding carboxylic acids is 2. The summed E-state index contributed by atoms with van der Waals surface area (Å²) in [5.74, 6) is -0.270. The molecular weight excluding hydrogens is 419 g/mol. The molecule has 2 amide bonds. The molecule has 0 radical (unpaired) electrons. The molecule has 1 saturated heterocycles. The molecule has 1 unspecified atom stereocenters. The summed E-state index contributed by atoms with van der Waals surface area (Å²) in [7, 11) is 0. The van der Waals surface area contributed by atoms with Gasteiger partial charge in [0.05, 0.1) is 0 Å². The van der Waals surface area contributed by atoms with Gasteiger partial charge in [0.1, 0.15) is 0 Å². The molecule has 3 aromatic rings. The quantitative estimate of drug-likeness (QED) is 0.553. The van der Waals surface area contributed by atoms with Crippen LogP contribution in [0.3, 0.4) is 0 Å². The summed E-state index contributed by atoms with van der Waals surface area (Å²) in [6.07, 6.45) is 0.689. The lowest BCUT2D eigenvalue weighted by Gasteiger charge is -2.51. The summed E-state index contributed by atoms with van der Waals surface area (Å²) < 4.78 is 0. The molecule has 3 aromatic carbocycles. The van der Waals surface area contributed by atoms with Crippen LogP contribution in [0.15, 0.2) is 72.8 Å². The summed E-state index contributed by atoms with van der Waals surface area (Å²) in [6.45, 7) is 1.08. The van der Waals surface area contributed by atoms with Crippen molar-refractivity contribution in [1.29, 1.82) is 0 Å². The number of halogens is 2. The van der Waals surface area contributed by atoms with Crippen molar-refractivity contribution in [3.8, 4) is 0 Å². The van der Waals surface area contributed by atoms with Gasteiger partial charge in [0.15, 0.2) is 5.66 Å². The first-order valence-electron chi connectivity index (χ1n) is 9.78. The molecule has 0 N–H and O–H groups in total. The SMILES string of the molecule is O=C(c1cc(Cl)cc(Cl)c1)N1CCCN2C(=O)c3ccccc3C12c1ccccc1. The Morgan fingerprint density at radius 1 is 0.867 bits per heavy atom. The largest absolute Gasteiger partial charge is 0.307 e. The molecule has 0 aromatic heterocycles. The first kappa shape index (κ1) is 19.2. The van der Waals surface area contributed by atoms with Crippen molar-refractivity contribution in [3.05, 3.63) is 105 Å². The minimum absolute atomic E-state index is 0.0592. The lowest BCUT2D eigenvalue weighted by Crippen LogP contribution is -2.62. The van der Waals surface area contributed by atoms with E-state index in [1.54, 1.807) is 23.1 Å². The van der Waals surface area contributed by atoms with Crippen molar-refractivity contribution in [1.82, 2.24) is 9.80 Å². The molecule has 4 nitrogen and oxygen atoms in total. The molecule has 1 atom stereocenters. The summed E-state index contributed by atoms with van der Waals surface area (Å²) in [5, 5.41) is 0.799. The van der Waals surface area contributed by atoms with E-state index in [2.05, 4.69) is 0 Å². The summed E-state index contributed by atoms with van der Waals surface area (Å²) in [4.78, 5) is 30.8. The average Bonchev–Trinajstić information content (AvgIpc) is 3.03. The van der Waals surface area contributed by atoms with E-state index in [9.17, 15) is 9.59 Å². The van der Waals surface area contributed by atoms with Gasteiger partial charge in [0.25, 0.3) is 11.8 Å². The van der Waals surface area contributed by atoms with Gasteiger partial charge in [0.2, 0.25) is 0 Å². The molecule has 1 fully saturated rings. The highest BCUT2D eigenvalue weighted by Crippen LogP contribution is 2.49. The molecular formula is C24H18Cl2N2O2. The lowest BCUT2D eigenvalue weighted by molar-refractivity contribution is -0.0248. The Morgan fingerprint density at radius 3 is 2.27 bits per heavy atom. The molecule has 0 bridgehead atoms. The number of hydrogen-bond donors (Lipinski definition) is 0. The second kappa shape index (κ2) is 7.15. The molecule has 0 aliphatic carbocycles. The molecule has 2 aliphatic rings. The Morgan fingerprint density at radius 2 is 1.53 bits per heavy atom. The molecule has 0 saturated carbocycles. The van der Waals surface area contributed by atoms with Crippen molar-refractivity contribution in [3.63, 3.8) is 0 Å². The standard InChI is InChI=1S/C24H18Cl2N2O2/c25-18-13-16(14-19(26)15-18)22(29)27-11-6-12-28-23(30)20-9-4-5-10-21(20)24(27,28)17-7-2-1-3-8-17/h1-5,7-10,13-15H,6,11-12H2. The Hall–Kier alpha value is -2.82. The predicted molar refractivity (Wildman–Crippen MR) is 117 cm³/mol. The highest BCUT2D eigenvalue weighted by Gasteiger charge is 2.57. The van der Waals surface area contributed by atoms with Gasteiger partial charge in [-0.15, -0.1) is 0 Å². The monoisotopic (exact) mass is 436 g/mol. The molecule has 0 spiro atoms. The first-order chi connectivity index (χ1) is 14.5. The first-order valence-corrected chi connectivity index (χ1v) is 10.5. The van der Waals surface area contributed by atoms with E-state index in [0.717, 1.165) is 11.1 Å². The van der Waals surface area contributed by atoms with Crippen LogP contribution in [-0.2, 0) is 5.66 Å². The number of fused-ring (bicyclic) bond motifs is 3. The smallest absolute Gasteiger partial charge is 0.256 e. The minimum Gasteiger partial charge on any atom is -0.307 e. The molecule has 150 valence electrons. The van der Waals surface area contributed by atoms with E-state index in [0.29, 0.717) is 40.7 Å². The summed E-state index contributed by atoms with van der Waals surface area (Å²) >= 11 is 12.4. The van der Waals surface area contributed by atoms with Crippen LogP contribution in [0, 0.1) is 0 Å². The maximum Gasteiger partial charge on any atom is 0.256 e. The Kier molecular flexibility index (Phi) is 4.57. The Balaban J connectivity index is 1.77. The maximum absolute atomic E-state index is 13.8. The third kappa shape index (κ3) is 2.68. The molecule has 2 aliphatic heterocycles. The van der Waals surface area contributed by atoms with Crippen molar-refractivity contribution in [2.75, 3.05) is 13.1 Å². The van der Waals surface area contributed by atoms with Crippen LogP contribution in [0.1, 0.15) is 38.3 Å². The molecule has 5 rings (SSSR count). The molecule has 30 heavy (non-hydrogen) atoms. The van der Waals surface area contributed by atoms with Gasteiger partial charge in [-0.3, -0.25) is 9.59 Å². The van der Waals surface area contributed by atoms with Crippen LogP contribution in [0.5, 0.6) is 0 Å². The van der Waals surface area contributed by atoms with Crippen molar-refractivity contribution in [2.45, 2.75) is 12.1 Å². The third-order valence-corrected chi connectivity index (χ3v) is 6.29. The van der Waals surface area contributed by atoms with E-state index in [-0.39, 0.29) is 11.8 Å². The Bertz CT molecular complexity index is 1140. The van der Waals surface area contributed by atoms with E-state index >= 15 is 0 Å². The van der Waals surface area contributed by atoms with E-state index in [1.165, 1.54) is 0 Å². The number of nitrogens with zero attached hydrogens (tertiary/aromatic N) is 2. The number of amides is 2. The molecule has 6 heteroatoms.